The summed E-state index contributed by atoms with van der Waals surface area (Å²) in [6.45, 7) is 0.104. The molecule has 3 aromatic carbocycles. The second-order valence-corrected chi connectivity index (χ2v) is 7.96. The number of alkyl carbamates (subject to hydrolysis) is 1. The molecule has 0 saturated carbocycles. The van der Waals surface area contributed by atoms with E-state index in [1.807, 2.05) is 48.5 Å². The molecule has 0 aromatic heterocycles. The minimum Gasteiger partial charge on any atom is -0.496 e. The van der Waals surface area contributed by atoms with E-state index in [0.717, 1.165) is 22.3 Å². The predicted octanol–water partition coefficient (Wildman–Crippen LogP) is 4.88. The number of carboxylic acids is 1. The summed E-state index contributed by atoms with van der Waals surface area (Å²) in [5, 5.41) is 12.5. The van der Waals surface area contributed by atoms with Gasteiger partial charge in [0.1, 0.15) is 18.4 Å². The highest BCUT2D eigenvalue weighted by Crippen LogP contribution is 2.44. The van der Waals surface area contributed by atoms with Gasteiger partial charge in [0.25, 0.3) is 0 Å². The third-order valence-electron chi connectivity index (χ3n) is 5.60. The van der Waals surface area contributed by atoms with Crippen molar-refractivity contribution in [2.24, 2.45) is 0 Å². The van der Waals surface area contributed by atoms with Crippen LogP contribution in [0.25, 0.3) is 11.1 Å². The second-order valence-electron chi connectivity index (χ2n) is 7.52. The van der Waals surface area contributed by atoms with Gasteiger partial charge in [0, 0.05) is 17.4 Å². The number of rotatable bonds is 7. The number of hydrogen-bond acceptors (Lipinski definition) is 4. The van der Waals surface area contributed by atoms with E-state index in [-0.39, 0.29) is 18.9 Å². The van der Waals surface area contributed by atoms with Crippen molar-refractivity contribution in [2.75, 3.05) is 13.7 Å². The number of aliphatic carboxylic acids is 1. The van der Waals surface area contributed by atoms with Crippen molar-refractivity contribution in [3.05, 3.63) is 88.4 Å². The van der Waals surface area contributed by atoms with Crippen molar-refractivity contribution in [1.29, 1.82) is 0 Å². The van der Waals surface area contributed by atoms with Crippen molar-refractivity contribution < 1.29 is 24.2 Å². The van der Waals surface area contributed by atoms with Gasteiger partial charge < -0.3 is 19.9 Å². The average Bonchev–Trinajstić information content (AvgIpc) is 3.11. The topological polar surface area (TPSA) is 84.9 Å². The van der Waals surface area contributed by atoms with Gasteiger partial charge in [-0.2, -0.15) is 0 Å². The summed E-state index contributed by atoms with van der Waals surface area (Å²) in [6, 6.07) is 19.7. The first-order valence-electron chi connectivity index (χ1n) is 10.1. The van der Waals surface area contributed by atoms with Gasteiger partial charge in [0.05, 0.1) is 7.11 Å². The lowest BCUT2D eigenvalue weighted by molar-refractivity contribution is -0.139. The SMILES string of the molecule is COc1ccc(Cl)cc1CC(NC(=O)OCC1c2ccccc2-c2ccccc21)C(=O)O. The summed E-state index contributed by atoms with van der Waals surface area (Å²) in [5.74, 6) is -0.792. The van der Waals surface area contributed by atoms with Crippen LogP contribution in [0, 0.1) is 0 Å². The van der Waals surface area contributed by atoms with Crippen LogP contribution in [0.3, 0.4) is 0 Å². The summed E-state index contributed by atoms with van der Waals surface area (Å²) in [6.07, 6.45) is -0.788. The number of carbonyl (C=O) groups is 2. The largest absolute Gasteiger partial charge is 0.496 e. The third-order valence-corrected chi connectivity index (χ3v) is 5.84. The number of hydrogen-bond donors (Lipinski definition) is 2. The van der Waals surface area contributed by atoms with E-state index < -0.39 is 18.1 Å². The summed E-state index contributed by atoms with van der Waals surface area (Å²) >= 11 is 6.03. The van der Waals surface area contributed by atoms with Crippen LogP contribution >= 0.6 is 11.6 Å². The van der Waals surface area contributed by atoms with Crippen LogP contribution in [0.1, 0.15) is 22.6 Å². The Bertz CT molecular complexity index is 1120. The van der Waals surface area contributed by atoms with Crippen LogP contribution in [0.15, 0.2) is 66.7 Å². The van der Waals surface area contributed by atoms with E-state index in [4.69, 9.17) is 21.1 Å². The second kappa shape index (κ2) is 9.32. The molecule has 164 valence electrons. The van der Waals surface area contributed by atoms with E-state index in [9.17, 15) is 14.7 Å². The highest BCUT2D eigenvalue weighted by Gasteiger charge is 2.30. The van der Waals surface area contributed by atoms with Gasteiger partial charge in [-0.3, -0.25) is 0 Å². The Balaban J connectivity index is 1.45. The van der Waals surface area contributed by atoms with Crippen LogP contribution in [0.4, 0.5) is 4.79 Å². The van der Waals surface area contributed by atoms with Crippen molar-refractivity contribution >= 4 is 23.7 Å². The van der Waals surface area contributed by atoms with Crippen molar-refractivity contribution in [2.45, 2.75) is 18.4 Å². The highest BCUT2D eigenvalue weighted by molar-refractivity contribution is 6.30. The zero-order valence-electron chi connectivity index (χ0n) is 17.4. The number of ether oxygens (including phenoxy) is 2. The van der Waals surface area contributed by atoms with Crippen LogP contribution in [-0.2, 0) is 16.0 Å². The number of halogens is 1. The number of carboxylic acid groups (broad SMARTS) is 1. The van der Waals surface area contributed by atoms with Gasteiger partial charge in [-0.15, -0.1) is 0 Å². The van der Waals surface area contributed by atoms with Gasteiger partial charge >= 0.3 is 12.1 Å². The molecule has 0 aliphatic heterocycles. The lowest BCUT2D eigenvalue weighted by Gasteiger charge is -2.18. The number of benzene rings is 3. The molecule has 2 N–H and O–H groups in total. The minimum absolute atomic E-state index is 0.00324. The summed E-state index contributed by atoms with van der Waals surface area (Å²) in [4.78, 5) is 24.3. The Morgan fingerprint density at radius 2 is 1.66 bits per heavy atom. The number of methoxy groups -OCH3 is 1. The summed E-state index contributed by atoms with van der Waals surface area (Å²) in [7, 11) is 1.49. The van der Waals surface area contributed by atoms with E-state index in [2.05, 4.69) is 5.32 Å². The van der Waals surface area contributed by atoms with Gasteiger partial charge in [0.15, 0.2) is 0 Å². The average molecular weight is 452 g/mol. The van der Waals surface area contributed by atoms with Gasteiger partial charge in [0.2, 0.25) is 0 Å². The molecule has 32 heavy (non-hydrogen) atoms. The minimum atomic E-state index is -1.20. The van der Waals surface area contributed by atoms with Crippen molar-refractivity contribution in [3.63, 3.8) is 0 Å². The van der Waals surface area contributed by atoms with E-state index in [1.54, 1.807) is 18.2 Å². The molecule has 0 radical (unpaired) electrons. The van der Waals surface area contributed by atoms with Gasteiger partial charge in [-0.1, -0.05) is 60.1 Å². The molecule has 0 spiro atoms. The molecule has 1 aliphatic rings. The molecule has 0 heterocycles. The maximum Gasteiger partial charge on any atom is 0.407 e. The molecular formula is C25H22ClNO5. The first-order valence-corrected chi connectivity index (χ1v) is 10.5. The molecule has 0 bridgehead atoms. The molecule has 1 atom stereocenters. The standard InChI is InChI=1S/C25H22ClNO5/c1-31-23-11-10-16(26)12-15(23)13-22(24(28)29)27-25(30)32-14-21-19-8-4-2-6-17(19)18-7-3-5-9-20(18)21/h2-12,21-22H,13-14H2,1H3,(H,27,30)(H,28,29). The summed E-state index contributed by atoms with van der Waals surface area (Å²) < 4.78 is 10.7. The molecule has 4 rings (SSSR count). The molecule has 0 saturated heterocycles. The number of fused-ring (bicyclic) bond motifs is 3. The fraction of sp³-hybridized carbons (Fsp3) is 0.200. The summed E-state index contributed by atoms with van der Waals surface area (Å²) in [5.41, 5.74) is 4.98. The van der Waals surface area contributed by atoms with Crippen LogP contribution in [-0.4, -0.2) is 36.9 Å². The van der Waals surface area contributed by atoms with Gasteiger partial charge in [-0.05, 0) is 46.0 Å². The molecule has 1 aliphatic carbocycles. The Kier molecular flexibility index (Phi) is 6.32. The highest BCUT2D eigenvalue weighted by atomic mass is 35.5. The molecular weight excluding hydrogens is 430 g/mol. The monoisotopic (exact) mass is 451 g/mol. The normalized spacial score (nSPS) is 13.1. The smallest absolute Gasteiger partial charge is 0.407 e. The first kappa shape index (κ1) is 21.7. The zero-order chi connectivity index (χ0) is 22.7. The Hall–Kier alpha value is -3.51. The zero-order valence-corrected chi connectivity index (χ0v) is 18.1. The molecule has 7 heteroatoms. The van der Waals surface area contributed by atoms with Crippen LogP contribution in [0.5, 0.6) is 5.75 Å². The molecule has 1 amide bonds. The van der Waals surface area contributed by atoms with E-state index in [0.29, 0.717) is 16.3 Å². The number of nitrogens with one attached hydrogen (secondary N) is 1. The fourth-order valence-electron chi connectivity index (χ4n) is 4.11. The van der Waals surface area contributed by atoms with Crippen molar-refractivity contribution in [1.82, 2.24) is 5.32 Å². The molecule has 3 aromatic rings. The van der Waals surface area contributed by atoms with Gasteiger partial charge in [-0.25, -0.2) is 9.59 Å². The number of amides is 1. The Morgan fingerprint density at radius 1 is 1.03 bits per heavy atom. The predicted molar refractivity (Wildman–Crippen MR) is 121 cm³/mol. The molecule has 1 unspecified atom stereocenters. The maximum atomic E-state index is 12.5. The van der Waals surface area contributed by atoms with Crippen LogP contribution < -0.4 is 10.1 Å². The number of carbonyl (C=O) groups excluding carboxylic acids is 1. The Labute approximate surface area is 190 Å². The maximum absolute atomic E-state index is 12.5. The van der Waals surface area contributed by atoms with Crippen LogP contribution in [0.2, 0.25) is 5.02 Å². The fourth-order valence-corrected chi connectivity index (χ4v) is 4.30. The van der Waals surface area contributed by atoms with E-state index >= 15 is 0 Å². The molecule has 0 fully saturated rings. The lowest BCUT2D eigenvalue weighted by Crippen LogP contribution is -2.43. The Morgan fingerprint density at radius 3 is 2.25 bits per heavy atom. The van der Waals surface area contributed by atoms with Crippen molar-refractivity contribution in [3.8, 4) is 16.9 Å². The first-order chi connectivity index (χ1) is 15.5. The quantitative estimate of drug-likeness (QED) is 0.534. The third kappa shape index (κ3) is 4.41. The molecule has 6 nitrogen and oxygen atoms in total. The van der Waals surface area contributed by atoms with E-state index in [1.165, 1.54) is 7.11 Å². The lowest BCUT2D eigenvalue weighted by atomic mass is 9.98.